The Hall–Kier alpha value is -2.27. The number of ether oxygens (including phenoxy) is 1. The van der Waals surface area contributed by atoms with Crippen molar-refractivity contribution in [1.82, 2.24) is 9.78 Å². The predicted octanol–water partition coefficient (Wildman–Crippen LogP) is 2.89. The van der Waals surface area contributed by atoms with E-state index in [1.165, 1.54) is 6.92 Å². The van der Waals surface area contributed by atoms with Crippen LogP contribution in [0.3, 0.4) is 0 Å². The van der Waals surface area contributed by atoms with Gasteiger partial charge in [0.2, 0.25) is 5.88 Å². The highest BCUT2D eigenvalue weighted by atomic mass is 35.5. The molecular weight excluding hydrogens is 268 g/mol. The molecule has 0 spiro atoms. The number of carboxylic acids is 1. The van der Waals surface area contributed by atoms with Crippen LogP contribution in [-0.2, 0) is 4.79 Å². The number of hydrogen-bond donors (Lipinski definition) is 1. The Morgan fingerprint density at radius 3 is 2.68 bits per heavy atom. The maximum absolute atomic E-state index is 10.6. The average molecular weight is 279 g/mol. The van der Waals surface area contributed by atoms with Gasteiger partial charge in [-0.3, -0.25) is 0 Å². The summed E-state index contributed by atoms with van der Waals surface area (Å²) in [6.07, 6.45) is 2.86. The van der Waals surface area contributed by atoms with Crippen molar-refractivity contribution >= 4 is 17.6 Å². The van der Waals surface area contributed by atoms with Crippen molar-refractivity contribution in [3.63, 3.8) is 0 Å². The molecule has 2 aromatic rings. The van der Waals surface area contributed by atoms with Gasteiger partial charge in [-0.25, -0.2) is 9.48 Å². The third-order valence-electron chi connectivity index (χ3n) is 2.35. The predicted molar refractivity (Wildman–Crippen MR) is 70.6 cm³/mol. The molecule has 6 heteroatoms. The van der Waals surface area contributed by atoms with Crippen LogP contribution in [-0.4, -0.2) is 20.9 Å². The number of halogens is 1. The Labute approximate surface area is 114 Å². The fraction of sp³-hybridized carbons (Fsp3) is 0.0769. The van der Waals surface area contributed by atoms with E-state index in [1.807, 2.05) is 12.1 Å². The first-order valence-corrected chi connectivity index (χ1v) is 5.82. The second-order valence-electron chi connectivity index (χ2n) is 3.80. The lowest BCUT2D eigenvalue weighted by molar-refractivity contribution is -0.132. The summed E-state index contributed by atoms with van der Waals surface area (Å²) in [5, 5.41) is 13.5. The largest absolute Gasteiger partial charge is 0.478 e. The van der Waals surface area contributed by atoms with E-state index < -0.39 is 5.97 Å². The van der Waals surface area contributed by atoms with Gasteiger partial charge in [0.1, 0.15) is 6.26 Å². The van der Waals surface area contributed by atoms with E-state index in [0.717, 1.165) is 11.9 Å². The summed E-state index contributed by atoms with van der Waals surface area (Å²) in [4.78, 5) is 10.6. The van der Waals surface area contributed by atoms with Gasteiger partial charge in [0.05, 0.1) is 11.3 Å². The van der Waals surface area contributed by atoms with Crippen molar-refractivity contribution in [3.05, 3.63) is 53.4 Å². The number of rotatable bonds is 4. The van der Waals surface area contributed by atoms with Crippen molar-refractivity contribution in [3.8, 4) is 11.6 Å². The second kappa shape index (κ2) is 5.58. The van der Waals surface area contributed by atoms with E-state index in [-0.39, 0.29) is 5.57 Å². The number of aliphatic carboxylic acids is 1. The maximum atomic E-state index is 10.6. The zero-order valence-electron chi connectivity index (χ0n) is 10.1. The summed E-state index contributed by atoms with van der Waals surface area (Å²) < 4.78 is 6.76. The Kier molecular flexibility index (Phi) is 3.87. The number of carbonyl (C=O) groups is 1. The number of aromatic nitrogens is 2. The fourth-order valence-corrected chi connectivity index (χ4v) is 1.43. The molecule has 1 N–H and O–H groups in total. The van der Waals surface area contributed by atoms with Gasteiger partial charge in [-0.1, -0.05) is 11.6 Å². The molecule has 0 atom stereocenters. The highest BCUT2D eigenvalue weighted by Crippen LogP contribution is 2.15. The van der Waals surface area contributed by atoms with E-state index >= 15 is 0 Å². The molecule has 1 aromatic carbocycles. The molecule has 0 bridgehead atoms. The van der Waals surface area contributed by atoms with Crippen LogP contribution in [0.4, 0.5) is 0 Å². The lowest BCUT2D eigenvalue weighted by Gasteiger charge is -2.00. The molecule has 0 aliphatic rings. The minimum absolute atomic E-state index is 0.0982. The molecule has 98 valence electrons. The number of carboxylic acid groups (broad SMARTS) is 1. The topological polar surface area (TPSA) is 64.4 Å². The van der Waals surface area contributed by atoms with Crippen LogP contribution in [0.25, 0.3) is 5.69 Å². The van der Waals surface area contributed by atoms with Crippen LogP contribution in [0, 0.1) is 0 Å². The molecule has 2 rings (SSSR count). The lowest BCUT2D eigenvalue weighted by atomic mass is 10.3. The van der Waals surface area contributed by atoms with Crippen molar-refractivity contribution in [2.75, 3.05) is 0 Å². The van der Waals surface area contributed by atoms with E-state index in [4.69, 9.17) is 21.4 Å². The van der Waals surface area contributed by atoms with Crippen molar-refractivity contribution in [1.29, 1.82) is 0 Å². The highest BCUT2D eigenvalue weighted by molar-refractivity contribution is 6.30. The van der Waals surface area contributed by atoms with E-state index in [1.54, 1.807) is 29.1 Å². The first-order valence-electron chi connectivity index (χ1n) is 5.44. The zero-order chi connectivity index (χ0) is 13.8. The normalized spacial score (nSPS) is 11.4. The molecule has 1 aromatic heterocycles. The first-order chi connectivity index (χ1) is 9.06. The molecule has 0 aliphatic carbocycles. The number of hydrogen-bond acceptors (Lipinski definition) is 3. The van der Waals surface area contributed by atoms with Gasteiger partial charge in [0.15, 0.2) is 0 Å². The molecule has 0 aliphatic heterocycles. The SMILES string of the molecule is C/C(=C\Oc1ccn(-c2ccc(Cl)cc2)n1)C(=O)O. The van der Waals surface area contributed by atoms with Gasteiger partial charge in [-0.2, -0.15) is 0 Å². The van der Waals surface area contributed by atoms with Crippen LogP contribution in [0.2, 0.25) is 5.02 Å². The Balaban J connectivity index is 2.13. The molecule has 1 heterocycles. The third-order valence-corrected chi connectivity index (χ3v) is 2.60. The van der Waals surface area contributed by atoms with Crippen LogP contribution < -0.4 is 4.74 Å². The van der Waals surface area contributed by atoms with Gasteiger partial charge in [0.25, 0.3) is 0 Å². The molecule has 0 saturated carbocycles. The first kappa shape index (κ1) is 13.2. The average Bonchev–Trinajstić information content (AvgIpc) is 2.85. The molecule has 0 fully saturated rings. The van der Waals surface area contributed by atoms with Crippen LogP contribution in [0.15, 0.2) is 48.4 Å². The summed E-state index contributed by atoms with van der Waals surface area (Å²) in [6.45, 7) is 1.44. The minimum atomic E-state index is -1.03. The fourth-order valence-electron chi connectivity index (χ4n) is 1.31. The molecule has 0 amide bonds. The van der Waals surface area contributed by atoms with Gasteiger partial charge < -0.3 is 9.84 Å². The van der Waals surface area contributed by atoms with E-state index in [2.05, 4.69) is 5.10 Å². The van der Waals surface area contributed by atoms with E-state index in [0.29, 0.717) is 10.9 Å². The summed E-state index contributed by atoms with van der Waals surface area (Å²) in [7, 11) is 0. The Morgan fingerprint density at radius 2 is 2.05 bits per heavy atom. The molecule has 19 heavy (non-hydrogen) atoms. The maximum Gasteiger partial charge on any atom is 0.334 e. The lowest BCUT2D eigenvalue weighted by Crippen LogP contribution is -1.99. The van der Waals surface area contributed by atoms with Crippen molar-refractivity contribution < 1.29 is 14.6 Å². The smallest absolute Gasteiger partial charge is 0.334 e. The summed E-state index contributed by atoms with van der Waals surface area (Å²) in [5.74, 6) is -0.715. The number of nitrogens with zero attached hydrogens (tertiary/aromatic N) is 2. The summed E-state index contributed by atoms with van der Waals surface area (Å²) in [6, 6.07) is 8.79. The molecule has 5 nitrogen and oxygen atoms in total. The Morgan fingerprint density at radius 1 is 1.37 bits per heavy atom. The highest BCUT2D eigenvalue weighted by Gasteiger charge is 2.03. The van der Waals surface area contributed by atoms with Gasteiger partial charge in [-0.05, 0) is 31.2 Å². The summed E-state index contributed by atoms with van der Waals surface area (Å²) in [5.41, 5.74) is 0.930. The standard InChI is InChI=1S/C13H11ClN2O3/c1-9(13(17)18)8-19-12-6-7-16(15-12)11-4-2-10(14)3-5-11/h2-8H,1H3,(H,17,18)/b9-8+. The monoisotopic (exact) mass is 278 g/mol. The minimum Gasteiger partial charge on any atom is -0.478 e. The van der Waals surface area contributed by atoms with Gasteiger partial charge in [0, 0.05) is 17.3 Å². The summed E-state index contributed by atoms with van der Waals surface area (Å²) >= 11 is 5.80. The molecule has 0 unspecified atom stereocenters. The van der Waals surface area contributed by atoms with Gasteiger partial charge >= 0.3 is 5.97 Å². The zero-order valence-corrected chi connectivity index (χ0v) is 10.8. The van der Waals surface area contributed by atoms with E-state index in [9.17, 15) is 4.79 Å². The molecule has 0 radical (unpaired) electrons. The molecule has 0 saturated heterocycles. The van der Waals surface area contributed by atoms with Crippen molar-refractivity contribution in [2.24, 2.45) is 0 Å². The number of benzene rings is 1. The third kappa shape index (κ3) is 3.35. The quantitative estimate of drug-likeness (QED) is 0.690. The second-order valence-corrected chi connectivity index (χ2v) is 4.24. The van der Waals surface area contributed by atoms with Gasteiger partial charge in [-0.15, -0.1) is 5.10 Å². The van der Waals surface area contributed by atoms with Crippen LogP contribution >= 0.6 is 11.6 Å². The van der Waals surface area contributed by atoms with Crippen LogP contribution in [0.1, 0.15) is 6.92 Å². The van der Waals surface area contributed by atoms with Crippen molar-refractivity contribution in [2.45, 2.75) is 6.92 Å². The van der Waals surface area contributed by atoms with Crippen LogP contribution in [0.5, 0.6) is 5.88 Å². The Bertz CT molecular complexity index is 617. The molecular formula is C13H11ClN2O3.